The molecule has 0 saturated heterocycles. The molecule has 1 aromatic carbocycles. The van der Waals surface area contributed by atoms with Crippen LogP contribution < -0.4 is 0 Å². The van der Waals surface area contributed by atoms with Gasteiger partial charge in [0.25, 0.3) is 5.89 Å². The van der Waals surface area contributed by atoms with Crippen molar-refractivity contribution >= 4 is 23.2 Å². The van der Waals surface area contributed by atoms with Crippen molar-refractivity contribution in [1.29, 1.82) is 0 Å². The summed E-state index contributed by atoms with van der Waals surface area (Å²) in [5.41, 5.74) is 0.762. The number of nitrogens with zero attached hydrogens (tertiary/aromatic N) is 2. The highest BCUT2D eigenvalue weighted by atomic mass is 35.5. The molecule has 0 amide bonds. The fourth-order valence-corrected chi connectivity index (χ4v) is 2.32. The van der Waals surface area contributed by atoms with Crippen molar-refractivity contribution in [2.24, 2.45) is 0 Å². The lowest BCUT2D eigenvalue weighted by atomic mass is 10.1. The van der Waals surface area contributed by atoms with Gasteiger partial charge in [-0.1, -0.05) is 34.4 Å². The third-order valence-electron chi connectivity index (χ3n) is 2.72. The highest BCUT2D eigenvalue weighted by molar-refractivity contribution is 6.36. The maximum Gasteiger partial charge on any atom is 0.283 e. The third-order valence-corrected chi connectivity index (χ3v) is 3.43. The zero-order valence-electron chi connectivity index (χ0n) is 11.8. The summed E-state index contributed by atoms with van der Waals surface area (Å²) in [7, 11) is 0. The van der Waals surface area contributed by atoms with Gasteiger partial charge in [0.05, 0.1) is 0 Å². The molecule has 2 aromatic rings. The molecule has 0 radical (unpaired) electrons. The lowest BCUT2D eigenvalue weighted by molar-refractivity contribution is -0.155. The number of halogens is 2. The molecule has 0 aliphatic rings. The quantitative estimate of drug-likeness (QED) is 0.717. The Labute approximate surface area is 133 Å². The summed E-state index contributed by atoms with van der Waals surface area (Å²) in [5, 5.41) is 5.05. The second-order valence-corrected chi connectivity index (χ2v) is 4.98. The first-order valence-electron chi connectivity index (χ1n) is 6.64. The van der Waals surface area contributed by atoms with Crippen LogP contribution in [0.25, 0.3) is 0 Å². The highest BCUT2D eigenvalue weighted by Gasteiger charge is 2.20. The fourth-order valence-electron chi connectivity index (χ4n) is 1.79. The SMILES string of the molecule is CCOC(OCC)c1nc(Cc2c(Cl)cccc2Cl)no1. The third kappa shape index (κ3) is 4.17. The molecule has 0 unspecified atom stereocenters. The molecule has 1 aromatic heterocycles. The van der Waals surface area contributed by atoms with E-state index in [0.717, 1.165) is 5.56 Å². The average molecular weight is 331 g/mol. The minimum absolute atomic E-state index is 0.289. The summed E-state index contributed by atoms with van der Waals surface area (Å²) >= 11 is 12.3. The van der Waals surface area contributed by atoms with Crippen LogP contribution in [0.4, 0.5) is 0 Å². The van der Waals surface area contributed by atoms with Crippen LogP contribution in [0, 0.1) is 0 Å². The first kappa shape index (κ1) is 16.2. The predicted octanol–water partition coefficient (Wildman–Crippen LogP) is 4.04. The van der Waals surface area contributed by atoms with E-state index in [2.05, 4.69) is 10.1 Å². The Hall–Kier alpha value is -1.14. The first-order valence-corrected chi connectivity index (χ1v) is 7.39. The number of hydrogen-bond donors (Lipinski definition) is 0. The Kier molecular flexibility index (Phi) is 5.99. The van der Waals surface area contributed by atoms with Crippen molar-refractivity contribution in [3.63, 3.8) is 0 Å². The molecule has 0 atom stereocenters. The van der Waals surface area contributed by atoms with E-state index in [9.17, 15) is 0 Å². The number of ether oxygens (including phenoxy) is 2. The molecule has 0 bridgehead atoms. The maximum absolute atomic E-state index is 6.13. The zero-order valence-corrected chi connectivity index (χ0v) is 13.3. The number of hydrogen-bond acceptors (Lipinski definition) is 5. The smallest absolute Gasteiger partial charge is 0.283 e. The van der Waals surface area contributed by atoms with Crippen LogP contribution >= 0.6 is 23.2 Å². The second kappa shape index (κ2) is 7.75. The largest absolute Gasteiger partial charge is 0.345 e. The van der Waals surface area contributed by atoms with Crippen LogP contribution in [-0.2, 0) is 15.9 Å². The van der Waals surface area contributed by atoms with Crippen molar-refractivity contribution in [3.05, 3.63) is 45.5 Å². The van der Waals surface area contributed by atoms with E-state index in [0.29, 0.717) is 35.5 Å². The number of benzene rings is 1. The topological polar surface area (TPSA) is 57.4 Å². The van der Waals surface area contributed by atoms with E-state index in [4.69, 9.17) is 37.2 Å². The summed E-state index contributed by atoms with van der Waals surface area (Å²) in [6, 6.07) is 5.33. The van der Waals surface area contributed by atoms with Crippen molar-refractivity contribution < 1.29 is 14.0 Å². The van der Waals surface area contributed by atoms with Crippen LogP contribution in [0.2, 0.25) is 10.0 Å². The Morgan fingerprint density at radius 1 is 1.14 bits per heavy atom. The van der Waals surface area contributed by atoms with Gasteiger partial charge in [0.1, 0.15) is 0 Å². The standard InChI is InChI=1S/C14H16Cl2N2O3/c1-3-19-14(20-4-2)13-17-12(18-21-13)8-9-10(15)6-5-7-11(9)16/h5-7,14H,3-4,8H2,1-2H3. The number of aromatic nitrogens is 2. The average Bonchev–Trinajstić information content (AvgIpc) is 2.91. The van der Waals surface area contributed by atoms with E-state index >= 15 is 0 Å². The van der Waals surface area contributed by atoms with E-state index in [1.807, 2.05) is 13.8 Å². The minimum Gasteiger partial charge on any atom is -0.345 e. The fraction of sp³-hybridized carbons (Fsp3) is 0.429. The van der Waals surface area contributed by atoms with Gasteiger partial charge in [-0.15, -0.1) is 0 Å². The van der Waals surface area contributed by atoms with Gasteiger partial charge < -0.3 is 14.0 Å². The summed E-state index contributed by atoms with van der Waals surface area (Å²) in [6.07, 6.45) is -0.268. The van der Waals surface area contributed by atoms with Gasteiger partial charge in [0, 0.05) is 29.7 Å². The van der Waals surface area contributed by atoms with Gasteiger partial charge in [-0.05, 0) is 31.5 Å². The molecule has 21 heavy (non-hydrogen) atoms. The molecule has 0 saturated carbocycles. The van der Waals surface area contributed by atoms with Gasteiger partial charge in [-0.3, -0.25) is 0 Å². The zero-order chi connectivity index (χ0) is 15.2. The van der Waals surface area contributed by atoms with Gasteiger partial charge in [0.2, 0.25) is 6.29 Å². The van der Waals surface area contributed by atoms with Crippen LogP contribution in [0.15, 0.2) is 22.7 Å². The van der Waals surface area contributed by atoms with Crippen LogP contribution in [0.5, 0.6) is 0 Å². The predicted molar refractivity (Wildman–Crippen MR) is 79.6 cm³/mol. The minimum atomic E-state index is -0.650. The number of rotatable bonds is 7. The molecule has 0 N–H and O–H groups in total. The second-order valence-electron chi connectivity index (χ2n) is 4.17. The molecular weight excluding hydrogens is 315 g/mol. The Bertz CT molecular complexity index is 563. The van der Waals surface area contributed by atoms with Crippen molar-refractivity contribution in [2.45, 2.75) is 26.6 Å². The summed E-state index contributed by atoms with van der Waals surface area (Å²) < 4.78 is 16.0. The molecule has 0 fully saturated rings. The normalized spacial score (nSPS) is 11.3. The van der Waals surface area contributed by atoms with Crippen molar-refractivity contribution in [3.8, 4) is 0 Å². The molecule has 114 valence electrons. The van der Waals surface area contributed by atoms with E-state index in [-0.39, 0.29) is 5.89 Å². The molecule has 2 rings (SSSR count). The lowest BCUT2D eigenvalue weighted by Crippen LogP contribution is -2.09. The van der Waals surface area contributed by atoms with Gasteiger partial charge in [-0.2, -0.15) is 4.98 Å². The van der Waals surface area contributed by atoms with Crippen LogP contribution in [0.1, 0.15) is 37.4 Å². The van der Waals surface area contributed by atoms with E-state index in [1.165, 1.54) is 0 Å². The maximum atomic E-state index is 6.13. The lowest BCUT2D eigenvalue weighted by Gasteiger charge is -2.11. The van der Waals surface area contributed by atoms with Crippen molar-refractivity contribution in [2.75, 3.05) is 13.2 Å². The first-order chi connectivity index (χ1) is 10.2. The monoisotopic (exact) mass is 330 g/mol. The Morgan fingerprint density at radius 3 is 2.33 bits per heavy atom. The highest BCUT2D eigenvalue weighted by Crippen LogP contribution is 2.26. The van der Waals surface area contributed by atoms with Gasteiger partial charge in [0.15, 0.2) is 5.82 Å². The molecule has 0 spiro atoms. The summed E-state index contributed by atoms with van der Waals surface area (Å²) in [5.74, 6) is 0.765. The van der Waals surface area contributed by atoms with E-state index < -0.39 is 6.29 Å². The van der Waals surface area contributed by atoms with Crippen LogP contribution in [-0.4, -0.2) is 23.4 Å². The molecule has 7 heteroatoms. The summed E-state index contributed by atoms with van der Waals surface area (Å²) in [6.45, 7) is 4.71. The van der Waals surface area contributed by atoms with E-state index in [1.54, 1.807) is 18.2 Å². The Morgan fingerprint density at radius 2 is 1.76 bits per heavy atom. The molecule has 0 aliphatic heterocycles. The summed E-state index contributed by atoms with van der Waals surface area (Å²) in [4.78, 5) is 4.28. The van der Waals surface area contributed by atoms with Gasteiger partial charge in [-0.25, -0.2) is 0 Å². The molecular formula is C14H16Cl2N2O3. The Balaban J connectivity index is 2.16. The molecule has 5 nitrogen and oxygen atoms in total. The molecule has 1 heterocycles. The molecule has 0 aliphatic carbocycles. The van der Waals surface area contributed by atoms with Crippen LogP contribution in [0.3, 0.4) is 0 Å². The van der Waals surface area contributed by atoms with Crippen molar-refractivity contribution in [1.82, 2.24) is 10.1 Å². The van der Waals surface area contributed by atoms with Gasteiger partial charge >= 0.3 is 0 Å².